The van der Waals surface area contributed by atoms with E-state index in [0.29, 0.717) is 48.3 Å². The molecule has 0 heterocycles. The van der Waals surface area contributed by atoms with Crippen molar-refractivity contribution in [2.45, 2.75) is 6.54 Å². The minimum atomic E-state index is -0.256. The first-order valence-electron chi connectivity index (χ1n) is 9.22. The minimum absolute atomic E-state index is 0.256. The lowest BCUT2D eigenvalue weighted by Gasteiger charge is -2.16. The maximum Gasteiger partial charge on any atom is 0.251 e. The number of carbonyl (C=O) groups excluding carboxylic acids is 1. The Morgan fingerprint density at radius 1 is 0.900 bits per heavy atom. The molecule has 0 bridgehead atoms. The smallest absolute Gasteiger partial charge is 0.251 e. The van der Waals surface area contributed by atoms with Crippen molar-refractivity contribution in [3.63, 3.8) is 0 Å². The van der Waals surface area contributed by atoms with E-state index in [1.165, 1.54) is 40.8 Å². The zero-order valence-corrected chi connectivity index (χ0v) is 17.9. The maximum absolute atomic E-state index is 12.6. The molecule has 2 aromatic carbocycles. The fourth-order valence-electron chi connectivity index (χ4n) is 2.70. The molecule has 0 saturated carbocycles. The van der Waals surface area contributed by atoms with Crippen molar-refractivity contribution in [1.82, 2.24) is 10.5 Å². The summed E-state index contributed by atoms with van der Waals surface area (Å²) in [6.45, 7) is 1.22. The van der Waals surface area contributed by atoms with Crippen molar-refractivity contribution in [3.8, 4) is 23.0 Å². The zero-order valence-electron chi connectivity index (χ0n) is 17.9. The highest BCUT2D eigenvalue weighted by molar-refractivity contribution is 5.95. The first-order valence-corrected chi connectivity index (χ1v) is 9.22. The number of nitrogens with zero attached hydrogens (tertiary/aromatic N) is 1. The van der Waals surface area contributed by atoms with Crippen molar-refractivity contribution >= 4 is 5.91 Å². The van der Waals surface area contributed by atoms with Crippen molar-refractivity contribution in [3.05, 3.63) is 47.5 Å². The lowest BCUT2D eigenvalue weighted by Crippen LogP contribution is -2.26. The van der Waals surface area contributed by atoms with Gasteiger partial charge in [-0.3, -0.25) is 14.5 Å². The van der Waals surface area contributed by atoms with Gasteiger partial charge in [-0.2, -0.15) is 0 Å². The molecule has 0 aliphatic heterocycles. The van der Waals surface area contributed by atoms with E-state index in [-0.39, 0.29) is 5.91 Å². The second kappa shape index (κ2) is 11.9. The van der Waals surface area contributed by atoms with E-state index in [1.54, 1.807) is 12.1 Å². The fourth-order valence-corrected chi connectivity index (χ4v) is 2.70. The van der Waals surface area contributed by atoms with Gasteiger partial charge in [0.15, 0.2) is 11.5 Å². The molecule has 9 nitrogen and oxygen atoms in total. The van der Waals surface area contributed by atoms with Crippen LogP contribution in [0.3, 0.4) is 0 Å². The average molecular weight is 420 g/mol. The summed E-state index contributed by atoms with van der Waals surface area (Å²) in [5.74, 6) is 1.73. The molecule has 1 amide bonds. The number of ether oxygens (including phenoxy) is 4. The largest absolute Gasteiger partial charge is 0.493 e. The summed E-state index contributed by atoms with van der Waals surface area (Å²) in [5.41, 5.74) is 1.34. The van der Waals surface area contributed by atoms with Gasteiger partial charge in [-0.05, 0) is 29.8 Å². The van der Waals surface area contributed by atoms with Crippen LogP contribution in [0.4, 0.5) is 0 Å². The van der Waals surface area contributed by atoms with Gasteiger partial charge in [0.2, 0.25) is 5.75 Å². The monoisotopic (exact) mass is 420 g/mol. The molecule has 0 fully saturated rings. The topological polar surface area (TPSA) is 87.7 Å². The molecule has 0 aliphatic carbocycles. The normalized spacial score (nSPS) is 10.6. The number of benzene rings is 2. The highest BCUT2D eigenvalue weighted by atomic mass is 16.9. The Labute approximate surface area is 176 Å². The molecule has 0 radical (unpaired) electrons. The van der Waals surface area contributed by atoms with Gasteiger partial charge in [0.1, 0.15) is 12.4 Å². The number of methoxy groups -OCH3 is 3. The van der Waals surface area contributed by atoms with Gasteiger partial charge in [-0.15, -0.1) is 0 Å². The molecular weight excluding hydrogens is 392 g/mol. The molecule has 0 spiro atoms. The van der Waals surface area contributed by atoms with Gasteiger partial charge in [-0.25, -0.2) is 0 Å². The summed E-state index contributed by atoms with van der Waals surface area (Å²) in [7, 11) is 7.56. The molecule has 2 aromatic rings. The summed E-state index contributed by atoms with van der Waals surface area (Å²) < 4.78 is 21.5. The van der Waals surface area contributed by atoms with Gasteiger partial charge < -0.3 is 24.3 Å². The highest BCUT2D eigenvalue weighted by Crippen LogP contribution is 2.38. The lowest BCUT2D eigenvalue weighted by molar-refractivity contribution is -0.343. The van der Waals surface area contributed by atoms with E-state index in [1.807, 2.05) is 24.3 Å². The van der Waals surface area contributed by atoms with Crippen LogP contribution in [0.15, 0.2) is 36.4 Å². The van der Waals surface area contributed by atoms with Crippen LogP contribution in [-0.4, -0.2) is 59.8 Å². The fraction of sp³-hybridized carbons (Fsp3) is 0.381. The maximum atomic E-state index is 12.6. The highest BCUT2D eigenvalue weighted by Gasteiger charge is 2.16. The van der Waals surface area contributed by atoms with Crippen LogP contribution < -0.4 is 24.3 Å². The molecule has 0 unspecified atom stereocenters. The third-order valence-corrected chi connectivity index (χ3v) is 4.25. The Bertz CT molecular complexity index is 782. The second-order valence-electron chi connectivity index (χ2n) is 6.01. The molecule has 1 N–H and O–H groups in total. The van der Waals surface area contributed by atoms with Crippen LogP contribution in [0.1, 0.15) is 15.9 Å². The number of nitrogens with one attached hydrogen (secondary N) is 1. The Morgan fingerprint density at radius 3 is 2.00 bits per heavy atom. The Kier molecular flexibility index (Phi) is 9.20. The van der Waals surface area contributed by atoms with Crippen molar-refractivity contribution in [1.29, 1.82) is 0 Å². The number of carbonyl (C=O) groups is 1. The Hall–Kier alpha value is -3.01. The van der Waals surface area contributed by atoms with Crippen molar-refractivity contribution < 1.29 is 33.4 Å². The summed E-state index contributed by atoms with van der Waals surface area (Å²) in [6, 6.07) is 10.7. The second-order valence-corrected chi connectivity index (χ2v) is 6.01. The number of hydrogen-bond acceptors (Lipinski definition) is 8. The van der Waals surface area contributed by atoms with Crippen LogP contribution >= 0.6 is 0 Å². The van der Waals surface area contributed by atoms with Crippen LogP contribution in [0.25, 0.3) is 0 Å². The predicted octanol–water partition coefficient (Wildman–Crippen LogP) is 2.45. The van der Waals surface area contributed by atoms with E-state index in [2.05, 4.69) is 5.32 Å². The van der Waals surface area contributed by atoms with Gasteiger partial charge in [0.25, 0.3) is 5.91 Å². The molecule has 30 heavy (non-hydrogen) atoms. The van der Waals surface area contributed by atoms with Gasteiger partial charge >= 0.3 is 0 Å². The Balaban J connectivity index is 1.93. The zero-order chi connectivity index (χ0) is 21.9. The molecule has 9 heteroatoms. The molecule has 0 aliphatic rings. The van der Waals surface area contributed by atoms with Gasteiger partial charge in [0.05, 0.1) is 42.1 Å². The van der Waals surface area contributed by atoms with E-state index in [9.17, 15) is 4.79 Å². The molecule has 0 saturated heterocycles. The lowest BCUT2D eigenvalue weighted by atomic mass is 10.1. The minimum Gasteiger partial charge on any atom is -0.493 e. The summed E-state index contributed by atoms with van der Waals surface area (Å²) in [6.07, 6.45) is 0. The molecule has 0 aromatic heterocycles. The van der Waals surface area contributed by atoms with Crippen LogP contribution in [0, 0.1) is 0 Å². The third kappa shape index (κ3) is 6.24. The van der Waals surface area contributed by atoms with Crippen LogP contribution in [0.2, 0.25) is 0 Å². The van der Waals surface area contributed by atoms with Crippen molar-refractivity contribution in [2.24, 2.45) is 0 Å². The molecular formula is C21H28N2O7. The molecule has 2 rings (SSSR count). The number of hydrogen-bond donors (Lipinski definition) is 1. The van der Waals surface area contributed by atoms with Gasteiger partial charge in [-0.1, -0.05) is 17.4 Å². The number of rotatable bonds is 12. The Morgan fingerprint density at radius 2 is 1.50 bits per heavy atom. The summed E-state index contributed by atoms with van der Waals surface area (Å²) >= 11 is 0. The predicted molar refractivity (Wildman–Crippen MR) is 110 cm³/mol. The van der Waals surface area contributed by atoms with Gasteiger partial charge in [0, 0.05) is 12.1 Å². The van der Waals surface area contributed by atoms with Crippen LogP contribution in [-0.2, 0) is 16.2 Å². The number of hydroxylamine groups is 2. The van der Waals surface area contributed by atoms with Crippen LogP contribution in [0.5, 0.6) is 23.0 Å². The molecule has 0 atom stereocenters. The third-order valence-electron chi connectivity index (χ3n) is 4.25. The standard InChI is InChI=1S/C21H28N2O7/c1-25-18-12-16(13-19(26-2)20(18)27-3)21(24)22-14-15-6-8-17(9-7-15)30-11-10-23(28-4)29-5/h6-9,12-13H,10-11,14H2,1-5H3,(H,22,24). The average Bonchev–Trinajstić information content (AvgIpc) is 2.79. The summed E-state index contributed by atoms with van der Waals surface area (Å²) in [4.78, 5) is 22.5. The SMILES string of the molecule is COc1cc(C(=O)NCc2ccc(OCCN(OC)OC)cc2)cc(OC)c1OC. The number of amides is 1. The van der Waals surface area contributed by atoms with Crippen molar-refractivity contribution in [2.75, 3.05) is 48.7 Å². The first kappa shape index (κ1) is 23.3. The van der Waals surface area contributed by atoms with E-state index in [0.717, 1.165) is 5.56 Å². The quantitative estimate of drug-likeness (QED) is 0.524. The first-order chi connectivity index (χ1) is 14.6. The van der Waals surface area contributed by atoms with E-state index < -0.39 is 0 Å². The molecule has 164 valence electrons. The van der Waals surface area contributed by atoms with E-state index in [4.69, 9.17) is 28.6 Å². The summed E-state index contributed by atoms with van der Waals surface area (Å²) in [5, 5.41) is 4.19. The van der Waals surface area contributed by atoms with E-state index >= 15 is 0 Å².